The number of nitrogens with zero attached hydrogens (tertiary/aromatic N) is 2. The highest BCUT2D eigenvalue weighted by Gasteiger charge is 2.07. The quantitative estimate of drug-likeness (QED) is 0.644. The molecule has 1 N–H and O–H groups in total. The van der Waals surface area contributed by atoms with Gasteiger partial charge < -0.3 is 9.55 Å². The predicted molar refractivity (Wildman–Crippen MR) is 55.4 cm³/mol. The Labute approximate surface area is 85.2 Å². The molecule has 0 unspecified atom stereocenters. The molecule has 15 heavy (non-hydrogen) atoms. The Morgan fingerprint density at radius 2 is 2.20 bits per heavy atom. The van der Waals surface area contributed by atoms with Crippen LogP contribution in [0, 0.1) is 5.82 Å². The molecule has 2 heterocycles. The summed E-state index contributed by atoms with van der Waals surface area (Å²) in [5.74, 6) is -0.213. The third-order valence-corrected chi connectivity index (χ3v) is 2.43. The largest absolute Gasteiger partial charge is 0.359 e. The maximum Gasteiger partial charge on any atom is 0.132 e. The van der Waals surface area contributed by atoms with E-state index in [1.165, 1.54) is 6.07 Å². The minimum Gasteiger partial charge on any atom is -0.359 e. The maximum atomic E-state index is 13.4. The molecule has 0 aliphatic heterocycles. The number of aromatic nitrogens is 3. The van der Waals surface area contributed by atoms with Crippen LogP contribution < -0.4 is 0 Å². The van der Waals surface area contributed by atoms with Crippen molar-refractivity contribution in [1.29, 1.82) is 0 Å². The van der Waals surface area contributed by atoms with Crippen LogP contribution in [0.25, 0.3) is 16.6 Å². The van der Waals surface area contributed by atoms with Crippen LogP contribution in [-0.2, 0) is 0 Å². The van der Waals surface area contributed by atoms with Crippen LogP contribution in [0.2, 0.25) is 0 Å². The zero-order valence-corrected chi connectivity index (χ0v) is 7.81. The van der Waals surface area contributed by atoms with E-state index >= 15 is 0 Å². The van der Waals surface area contributed by atoms with Crippen molar-refractivity contribution in [3.63, 3.8) is 0 Å². The predicted octanol–water partition coefficient (Wildman–Crippen LogP) is 2.49. The Bertz CT molecular complexity index is 595. The molecule has 2 aromatic heterocycles. The van der Waals surface area contributed by atoms with E-state index in [1.54, 1.807) is 30.9 Å². The first-order chi connectivity index (χ1) is 7.36. The molecule has 0 saturated carbocycles. The Morgan fingerprint density at radius 3 is 3.00 bits per heavy atom. The molecule has 1 aromatic carbocycles. The number of fused-ring (bicyclic) bond motifs is 1. The third-order valence-electron chi connectivity index (χ3n) is 2.43. The van der Waals surface area contributed by atoms with Gasteiger partial charge in [-0.15, -0.1) is 0 Å². The van der Waals surface area contributed by atoms with Gasteiger partial charge in [0, 0.05) is 24.0 Å². The monoisotopic (exact) mass is 201 g/mol. The standard InChI is InChI=1S/C11H8FN3/c12-9-1-2-10(15-6-5-13-7-15)11-8(9)3-4-14-11/h1-7,14H. The summed E-state index contributed by atoms with van der Waals surface area (Å²) in [6, 6.07) is 4.92. The fraction of sp³-hybridized carbons (Fsp3) is 0. The van der Waals surface area contributed by atoms with Crippen molar-refractivity contribution < 1.29 is 4.39 Å². The smallest absolute Gasteiger partial charge is 0.132 e. The number of imidazole rings is 1. The van der Waals surface area contributed by atoms with Gasteiger partial charge in [-0.1, -0.05) is 0 Å². The summed E-state index contributed by atoms with van der Waals surface area (Å²) in [5, 5.41) is 0.598. The van der Waals surface area contributed by atoms with Crippen LogP contribution in [0.15, 0.2) is 43.1 Å². The lowest BCUT2D eigenvalue weighted by Gasteiger charge is -2.04. The van der Waals surface area contributed by atoms with Gasteiger partial charge in [0.25, 0.3) is 0 Å². The van der Waals surface area contributed by atoms with Crippen molar-refractivity contribution >= 4 is 10.9 Å². The fourth-order valence-corrected chi connectivity index (χ4v) is 1.72. The normalized spacial score (nSPS) is 11.0. The van der Waals surface area contributed by atoms with Gasteiger partial charge in [0.2, 0.25) is 0 Å². The third kappa shape index (κ3) is 1.15. The van der Waals surface area contributed by atoms with Crippen molar-refractivity contribution in [2.24, 2.45) is 0 Å². The zero-order valence-electron chi connectivity index (χ0n) is 7.81. The Morgan fingerprint density at radius 1 is 1.27 bits per heavy atom. The van der Waals surface area contributed by atoms with E-state index in [0.29, 0.717) is 5.39 Å². The van der Waals surface area contributed by atoms with Crippen molar-refractivity contribution in [3.05, 3.63) is 48.9 Å². The summed E-state index contributed by atoms with van der Waals surface area (Å²) in [7, 11) is 0. The van der Waals surface area contributed by atoms with Gasteiger partial charge >= 0.3 is 0 Å². The fourth-order valence-electron chi connectivity index (χ4n) is 1.72. The van der Waals surface area contributed by atoms with Gasteiger partial charge in [0.1, 0.15) is 5.82 Å². The lowest BCUT2D eigenvalue weighted by atomic mass is 10.2. The van der Waals surface area contributed by atoms with E-state index in [4.69, 9.17) is 0 Å². The highest BCUT2D eigenvalue weighted by atomic mass is 19.1. The lowest BCUT2D eigenvalue weighted by molar-refractivity contribution is 0.639. The van der Waals surface area contributed by atoms with E-state index in [0.717, 1.165) is 11.2 Å². The van der Waals surface area contributed by atoms with Crippen LogP contribution in [0.4, 0.5) is 4.39 Å². The highest BCUT2D eigenvalue weighted by molar-refractivity contribution is 5.87. The summed E-state index contributed by atoms with van der Waals surface area (Å²) in [6.07, 6.45) is 6.94. The first kappa shape index (κ1) is 8.23. The molecular weight excluding hydrogens is 193 g/mol. The first-order valence-electron chi connectivity index (χ1n) is 4.60. The number of rotatable bonds is 1. The number of benzene rings is 1. The van der Waals surface area contributed by atoms with Crippen LogP contribution in [0.1, 0.15) is 0 Å². The van der Waals surface area contributed by atoms with Gasteiger partial charge in [-0.25, -0.2) is 9.37 Å². The first-order valence-corrected chi connectivity index (χ1v) is 4.60. The molecule has 0 spiro atoms. The van der Waals surface area contributed by atoms with Gasteiger partial charge in [-0.05, 0) is 18.2 Å². The summed E-state index contributed by atoms with van der Waals surface area (Å²) in [5.41, 5.74) is 1.68. The van der Waals surface area contributed by atoms with Gasteiger partial charge in [0.05, 0.1) is 17.5 Å². The Hall–Kier alpha value is -2.10. The topological polar surface area (TPSA) is 33.6 Å². The number of nitrogens with one attached hydrogen (secondary N) is 1. The maximum absolute atomic E-state index is 13.4. The molecule has 74 valence electrons. The molecule has 0 radical (unpaired) electrons. The van der Waals surface area contributed by atoms with Crippen LogP contribution in [-0.4, -0.2) is 14.5 Å². The number of halogens is 1. The van der Waals surface area contributed by atoms with E-state index < -0.39 is 0 Å². The molecule has 0 saturated heterocycles. The van der Waals surface area contributed by atoms with Crippen LogP contribution in [0.5, 0.6) is 0 Å². The minimum atomic E-state index is -0.213. The molecular formula is C11H8FN3. The molecule has 0 fully saturated rings. The zero-order chi connectivity index (χ0) is 10.3. The Balaban J connectivity index is 2.37. The summed E-state index contributed by atoms with van der Waals surface area (Å²) in [6.45, 7) is 0. The van der Waals surface area contributed by atoms with Gasteiger partial charge in [-0.3, -0.25) is 0 Å². The van der Waals surface area contributed by atoms with Crippen molar-refractivity contribution in [3.8, 4) is 5.69 Å². The van der Waals surface area contributed by atoms with Gasteiger partial charge in [0.15, 0.2) is 0 Å². The molecule has 0 aliphatic carbocycles. The molecule has 3 rings (SSSR count). The molecule has 0 atom stereocenters. The lowest BCUT2D eigenvalue weighted by Crippen LogP contribution is -1.92. The molecule has 0 bridgehead atoms. The number of H-pyrrole nitrogens is 1. The summed E-state index contributed by atoms with van der Waals surface area (Å²) in [4.78, 5) is 7.00. The second-order valence-electron chi connectivity index (χ2n) is 3.30. The summed E-state index contributed by atoms with van der Waals surface area (Å²) >= 11 is 0. The average Bonchev–Trinajstić information content (AvgIpc) is 2.88. The van der Waals surface area contributed by atoms with E-state index in [1.807, 2.05) is 10.8 Å². The van der Waals surface area contributed by atoms with Crippen LogP contribution >= 0.6 is 0 Å². The second kappa shape index (κ2) is 2.95. The average molecular weight is 201 g/mol. The Kier molecular flexibility index (Phi) is 1.62. The van der Waals surface area contributed by atoms with E-state index in [9.17, 15) is 4.39 Å². The minimum absolute atomic E-state index is 0.213. The number of hydrogen-bond donors (Lipinski definition) is 1. The molecule has 3 nitrogen and oxygen atoms in total. The SMILES string of the molecule is Fc1ccc(-n2ccnc2)c2[nH]ccc12. The molecule has 0 amide bonds. The van der Waals surface area contributed by atoms with E-state index in [-0.39, 0.29) is 5.82 Å². The molecule has 0 aliphatic rings. The van der Waals surface area contributed by atoms with E-state index in [2.05, 4.69) is 9.97 Å². The number of hydrogen-bond acceptors (Lipinski definition) is 1. The highest BCUT2D eigenvalue weighted by Crippen LogP contribution is 2.23. The summed E-state index contributed by atoms with van der Waals surface area (Å²) < 4.78 is 15.2. The second-order valence-corrected chi connectivity index (χ2v) is 3.30. The van der Waals surface area contributed by atoms with Crippen LogP contribution in [0.3, 0.4) is 0 Å². The number of aromatic amines is 1. The van der Waals surface area contributed by atoms with Crippen molar-refractivity contribution in [1.82, 2.24) is 14.5 Å². The molecule has 3 aromatic rings. The molecule has 4 heteroatoms. The van der Waals surface area contributed by atoms with Crippen molar-refractivity contribution in [2.45, 2.75) is 0 Å². The van der Waals surface area contributed by atoms with Gasteiger partial charge in [-0.2, -0.15) is 0 Å². The van der Waals surface area contributed by atoms with Crippen molar-refractivity contribution in [2.75, 3.05) is 0 Å².